The normalized spacial score (nSPS) is 19.0. The van der Waals surface area contributed by atoms with Crippen LogP contribution in [-0.4, -0.2) is 24.5 Å². The number of para-hydroxylation sites is 3. The van der Waals surface area contributed by atoms with E-state index in [1.165, 1.54) is 217 Å². The summed E-state index contributed by atoms with van der Waals surface area (Å²) in [4.78, 5) is 16.1. The van der Waals surface area contributed by atoms with Crippen molar-refractivity contribution in [1.29, 1.82) is 0 Å². The maximum Gasteiger partial charge on any atom is 0.252 e. The molecule has 15 aromatic rings. The van der Waals surface area contributed by atoms with Crippen molar-refractivity contribution in [2.45, 2.75) is 297 Å². The molecule has 23 rings (SSSR count). The van der Waals surface area contributed by atoms with Gasteiger partial charge in [-0.1, -0.05) is 385 Å². The van der Waals surface area contributed by atoms with Crippen molar-refractivity contribution in [2.24, 2.45) is 0 Å². The van der Waals surface area contributed by atoms with Gasteiger partial charge in [-0.05, 0) is 316 Å². The smallest absolute Gasteiger partial charge is 0.252 e. The van der Waals surface area contributed by atoms with E-state index in [0.29, 0.717) is 0 Å². The summed E-state index contributed by atoms with van der Waals surface area (Å²) in [5, 5.41) is 0. The van der Waals surface area contributed by atoms with E-state index in [4.69, 9.17) is 0 Å². The molecule has 0 spiro atoms. The SMILES string of the molecule is CC(C)(C)c1cccc(N(c2cccc(C(C)(C)C)c2)c2cc3c4c(c2)N2c5c(cccc5C5(C)CCCCC25C)B4c2cc(N(c4ccccc4)c4ccccc4)ccc2N3c2cccc(C(C)(C)C)c2)c1.Cc1cc2c3c(c1)N1c4c(cc(C(c5ccc(C(C)(C)C)cc5)c5ccc(C(C)(C)C)cc5)cc4C4(C)CCCCC14C)B3c1ccc(C(C)(C)C)cc1N2c1ccc(C(C)(C)C)cc1-c1ccccc1. The fraction of sp³-hybridized carbons (Fsp3) is 0.338. The molecule has 8 aliphatic rings. The summed E-state index contributed by atoms with van der Waals surface area (Å²) in [5.74, 6) is 0.0588. The molecule has 15 aromatic carbocycles. The summed E-state index contributed by atoms with van der Waals surface area (Å²) >= 11 is 0. The summed E-state index contributed by atoms with van der Waals surface area (Å²) in [6.07, 6.45) is 9.59. The number of hydrogen-bond acceptors (Lipinski definition) is 6. The van der Waals surface area contributed by atoms with Crippen molar-refractivity contribution in [1.82, 2.24) is 0 Å². The molecule has 4 unspecified atom stereocenters. The van der Waals surface area contributed by atoms with Gasteiger partial charge in [-0.25, -0.2) is 0 Å². The summed E-state index contributed by atoms with van der Waals surface area (Å²) < 4.78 is 0. The second-order valence-corrected chi connectivity index (χ2v) is 51.7. The van der Waals surface area contributed by atoms with Gasteiger partial charge >= 0.3 is 0 Å². The van der Waals surface area contributed by atoms with Crippen molar-refractivity contribution in [3.63, 3.8) is 0 Å². The molecule has 0 amide bonds. The van der Waals surface area contributed by atoms with Gasteiger partial charge in [0, 0.05) is 102 Å². The van der Waals surface area contributed by atoms with Crippen LogP contribution in [0.2, 0.25) is 0 Å². The second kappa shape index (κ2) is 34.2. The summed E-state index contributed by atoms with van der Waals surface area (Å²) in [6, 6.07) is 125. The zero-order chi connectivity index (χ0) is 101. The second-order valence-electron chi connectivity index (χ2n) is 51.7. The van der Waals surface area contributed by atoms with E-state index in [2.05, 4.69) is 531 Å². The van der Waals surface area contributed by atoms with Crippen LogP contribution in [0, 0.1) is 6.92 Å². The highest BCUT2D eigenvalue weighted by Crippen LogP contribution is 2.66. The average molecular weight is 1890 g/mol. The highest BCUT2D eigenvalue weighted by molar-refractivity contribution is 7.01. The lowest BCUT2D eigenvalue weighted by molar-refractivity contribution is 0.195. The lowest BCUT2D eigenvalue weighted by atomic mass is 9.33. The molecule has 0 radical (unpaired) electrons. The molecule has 144 heavy (non-hydrogen) atoms. The Hall–Kier alpha value is -12.8. The van der Waals surface area contributed by atoms with E-state index in [-0.39, 0.29) is 79.2 Å². The molecule has 2 aliphatic carbocycles. The van der Waals surface area contributed by atoms with Crippen molar-refractivity contribution >= 4 is 137 Å². The first-order chi connectivity index (χ1) is 68.2. The molecular weight excluding hydrogens is 1740 g/mol. The Kier molecular flexibility index (Phi) is 22.8. The van der Waals surface area contributed by atoms with Crippen LogP contribution >= 0.6 is 0 Å². The standard InChI is InChI=1S/C68H71BN4.C68H77BN2/c1-64(2,3)46-24-20-31-51(40-46)71(52-32-21-25-47(41-52)65(4,5)6)55-44-60-62-61(45-55)73-63-56(67(10)38-18-19-39-68(67,73)11)34-23-35-57(63)69(62)58-43-54(70(49-27-14-12-15-28-49)50-29-16-13-17-30-50)36-37-59(58)72(60)53-33-22-26-48(42-53)66(7,8)9;1-43-37-58-61-59(38-43)71-62-53(67(14)35-19-20-36-68(67,71)15)39-47(60(45-23-27-48(28-24-45)63(2,3)4)46-25-29-49(30-26-46)64(5,6)7)40-55(62)69(61)54-33-31-51(66(11,12)13)42-57(54)70(58)56-34-32-50(65(8,9)10)41-52(56)44-21-17-16-18-22-44/h12-17,20-37,40-45H,18-19,38-39H2,1-11H3;16-18,21-34,37-42,60H,19-20,35-36H2,1-15H3. The Bertz CT molecular complexity index is 7400. The predicted molar refractivity (Wildman–Crippen MR) is 621 cm³/mol. The third kappa shape index (κ3) is 15.7. The van der Waals surface area contributed by atoms with E-state index >= 15 is 0 Å². The minimum Gasteiger partial charge on any atom is -0.335 e. The van der Waals surface area contributed by atoms with Crippen molar-refractivity contribution < 1.29 is 0 Å². The van der Waals surface area contributed by atoms with Gasteiger partial charge in [0.05, 0.1) is 22.5 Å². The predicted octanol–water partition coefficient (Wildman–Crippen LogP) is 33.3. The summed E-state index contributed by atoms with van der Waals surface area (Å²) in [6.45, 7) is 61.9. The zero-order valence-corrected chi connectivity index (χ0v) is 90.7. The molecule has 0 bridgehead atoms. The minimum absolute atomic E-state index is 0.00699. The number of fused-ring (bicyclic) bond motifs is 14. The molecule has 728 valence electrons. The molecule has 2 saturated carbocycles. The van der Waals surface area contributed by atoms with E-state index in [1.54, 1.807) is 5.56 Å². The van der Waals surface area contributed by atoms with Crippen molar-refractivity contribution in [2.75, 3.05) is 29.4 Å². The molecule has 0 saturated heterocycles. The molecule has 4 atom stereocenters. The molecule has 8 heteroatoms. The quantitative estimate of drug-likeness (QED) is 0.0891. The largest absolute Gasteiger partial charge is 0.335 e. The lowest BCUT2D eigenvalue weighted by Crippen LogP contribution is -2.64. The number of nitrogens with zero attached hydrogens (tertiary/aromatic N) is 6. The van der Waals surface area contributed by atoms with Gasteiger partial charge in [-0.3, -0.25) is 0 Å². The van der Waals surface area contributed by atoms with Gasteiger partial charge < -0.3 is 29.4 Å². The van der Waals surface area contributed by atoms with Crippen LogP contribution in [0.3, 0.4) is 0 Å². The summed E-state index contributed by atoms with van der Waals surface area (Å²) in [7, 11) is 0. The lowest BCUT2D eigenvalue weighted by Gasteiger charge is -2.53. The molecular formula is C136H148B2N6. The van der Waals surface area contributed by atoms with Crippen LogP contribution in [0.25, 0.3) is 11.1 Å². The van der Waals surface area contributed by atoms with Crippen LogP contribution in [-0.2, 0) is 48.7 Å². The molecule has 6 heterocycles. The maximum atomic E-state index is 2.90. The highest BCUT2D eigenvalue weighted by Gasteiger charge is 2.64. The summed E-state index contributed by atoms with van der Waals surface area (Å²) in [5.41, 5.74) is 48.4. The van der Waals surface area contributed by atoms with Crippen molar-refractivity contribution in [3.8, 4) is 11.1 Å². The van der Waals surface area contributed by atoms with E-state index in [9.17, 15) is 0 Å². The maximum absolute atomic E-state index is 2.90. The Labute approximate surface area is 862 Å². The van der Waals surface area contributed by atoms with Gasteiger partial charge in [-0.2, -0.15) is 0 Å². The van der Waals surface area contributed by atoms with Crippen LogP contribution in [0.1, 0.15) is 303 Å². The van der Waals surface area contributed by atoms with Gasteiger partial charge in [-0.15, -0.1) is 0 Å². The molecule has 0 N–H and O–H groups in total. The van der Waals surface area contributed by atoms with Crippen LogP contribution in [0.5, 0.6) is 0 Å². The van der Waals surface area contributed by atoms with Gasteiger partial charge in [0.1, 0.15) is 0 Å². The third-order valence-corrected chi connectivity index (χ3v) is 35.2. The van der Waals surface area contributed by atoms with Crippen LogP contribution in [0.4, 0.5) is 91.0 Å². The van der Waals surface area contributed by atoms with Crippen molar-refractivity contribution in [3.05, 3.63) is 394 Å². The fourth-order valence-corrected chi connectivity index (χ4v) is 26.5. The van der Waals surface area contributed by atoms with Crippen LogP contribution in [0.15, 0.2) is 322 Å². The van der Waals surface area contributed by atoms with Gasteiger partial charge in [0.2, 0.25) is 0 Å². The molecule has 6 nitrogen and oxygen atoms in total. The minimum atomic E-state index is -0.138. The average Bonchev–Trinajstić information content (AvgIpc) is 1.45. The van der Waals surface area contributed by atoms with Gasteiger partial charge in [0.25, 0.3) is 13.4 Å². The number of hydrogen-bond donors (Lipinski definition) is 0. The van der Waals surface area contributed by atoms with Gasteiger partial charge in [0.15, 0.2) is 0 Å². The third-order valence-electron chi connectivity index (χ3n) is 35.2. The Morgan fingerprint density at radius 2 is 0.674 bits per heavy atom. The number of anilines is 16. The fourth-order valence-electron chi connectivity index (χ4n) is 26.5. The zero-order valence-electron chi connectivity index (χ0n) is 90.7. The first-order valence-corrected chi connectivity index (χ1v) is 53.8. The molecule has 0 aromatic heterocycles. The Morgan fingerprint density at radius 3 is 1.22 bits per heavy atom. The first kappa shape index (κ1) is 96.0. The van der Waals surface area contributed by atoms with E-state index in [0.717, 1.165) is 35.6 Å². The number of rotatable bonds is 12. The van der Waals surface area contributed by atoms with Crippen LogP contribution < -0.4 is 62.2 Å². The first-order valence-electron chi connectivity index (χ1n) is 53.8. The number of benzene rings is 15. The highest BCUT2D eigenvalue weighted by atomic mass is 15.3. The molecule has 2 fully saturated rings. The Balaban J connectivity index is 0.000000164. The topological polar surface area (TPSA) is 19.4 Å². The number of aryl methyl sites for hydroxylation is 1. The van der Waals surface area contributed by atoms with E-state index in [1.807, 2.05) is 0 Å². The Morgan fingerprint density at radius 1 is 0.264 bits per heavy atom. The monoisotopic (exact) mass is 1890 g/mol. The molecule has 6 aliphatic heterocycles. The van der Waals surface area contributed by atoms with E-state index < -0.39 is 0 Å².